The Morgan fingerprint density at radius 2 is 1.73 bits per heavy atom. The zero-order valence-corrected chi connectivity index (χ0v) is 9.16. The molecule has 3 aliphatic rings. The van der Waals surface area contributed by atoms with Gasteiger partial charge in [0, 0.05) is 0 Å². The highest BCUT2D eigenvalue weighted by molar-refractivity contribution is 5.72. The minimum absolute atomic E-state index is 0.134. The second-order valence-electron chi connectivity index (χ2n) is 4.83. The van der Waals surface area contributed by atoms with E-state index in [9.17, 15) is 4.79 Å². The van der Waals surface area contributed by atoms with E-state index in [0.717, 1.165) is 12.8 Å². The number of hydrogen-bond acceptors (Lipinski definition) is 2. The Balaban J connectivity index is 1.73. The summed E-state index contributed by atoms with van der Waals surface area (Å²) in [6.45, 7) is 0. The van der Waals surface area contributed by atoms with Crippen LogP contribution in [0.4, 0.5) is 4.79 Å². The summed E-state index contributed by atoms with van der Waals surface area (Å²) in [5, 5.41) is 0. The van der Waals surface area contributed by atoms with Crippen molar-refractivity contribution >= 4 is 6.09 Å². The third-order valence-electron chi connectivity index (χ3n) is 4.07. The van der Waals surface area contributed by atoms with Crippen molar-refractivity contribution in [3.05, 3.63) is 11.1 Å². The van der Waals surface area contributed by atoms with Gasteiger partial charge in [0.05, 0.1) is 19.2 Å². The summed E-state index contributed by atoms with van der Waals surface area (Å²) >= 11 is 0. The van der Waals surface area contributed by atoms with Gasteiger partial charge in [0.2, 0.25) is 0 Å². The molecule has 0 aromatic rings. The van der Waals surface area contributed by atoms with Crippen LogP contribution >= 0.6 is 0 Å². The van der Waals surface area contributed by atoms with E-state index in [2.05, 4.69) is 0 Å². The van der Waals surface area contributed by atoms with Crippen molar-refractivity contribution in [1.29, 1.82) is 0 Å². The number of ether oxygens (including phenoxy) is 1. The average molecular weight is 207 g/mol. The second-order valence-corrected chi connectivity index (χ2v) is 4.83. The van der Waals surface area contributed by atoms with Crippen LogP contribution in [0.15, 0.2) is 11.1 Å². The SMILES string of the molecule is COC(=O)N1C2CC3=C(CCCC3)CC21. The fourth-order valence-corrected chi connectivity index (χ4v) is 3.21. The molecule has 3 heteroatoms. The average Bonchev–Trinajstić information content (AvgIpc) is 2.97. The molecule has 0 N–H and O–H groups in total. The molecule has 1 aliphatic heterocycles. The minimum atomic E-state index is -0.134. The molecule has 15 heavy (non-hydrogen) atoms. The molecule has 3 nitrogen and oxygen atoms in total. The number of carbonyl (C=O) groups excluding carboxylic acids is 1. The van der Waals surface area contributed by atoms with Gasteiger partial charge < -0.3 is 4.74 Å². The number of rotatable bonds is 0. The van der Waals surface area contributed by atoms with Crippen molar-refractivity contribution < 1.29 is 9.53 Å². The number of hydrogen-bond donors (Lipinski definition) is 0. The molecule has 1 amide bonds. The van der Waals surface area contributed by atoms with Gasteiger partial charge in [-0.25, -0.2) is 4.79 Å². The Bertz CT molecular complexity index is 311. The molecule has 0 radical (unpaired) electrons. The Hall–Kier alpha value is -0.990. The quantitative estimate of drug-likeness (QED) is 0.451. The lowest BCUT2D eigenvalue weighted by atomic mass is 9.82. The molecule has 2 unspecified atom stereocenters. The molecule has 1 heterocycles. The molecule has 1 saturated heterocycles. The van der Waals surface area contributed by atoms with Crippen LogP contribution in [-0.2, 0) is 4.74 Å². The van der Waals surface area contributed by atoms with Gasteiger partial charge in [0.15, 0.2) is 0 Å². The molecule has 82 valence electrons. The fraction of sp³-hybridized carbons (Fsp3) is 0.750. The van der Waals surface area contributed by atoms with E-state index in [0.29, 0.717) is 12.1 Å². The van der Waals surface area contributed by atoms with Gasteiger partial charge in [-0.1, -0.05) is 11.1 Å². The van der Waals surface area contributed by atoms with E-state index in [1.54, 1.807) is 11.1 Å². The summed E-state index contributed by atoms with van der Waals surface area (Å²) in [5.74, 6) is 0. The summed E-state index contributed by atoms with van der Waals surface area (Å²) in [5.41, 5.74) is 3.29. The maximum absolute atomic E-state index is 11.4. The standard InChI is InChI=1S/C12H17NO2/c1-15-12(14)13-10-6-8-4-2-3-5-9(8)7-11(10)13/h10-11H,2-7H2,1H3. The van der Waals surface area contributed by atoms with Gasteiger partial charge in [0.25, 0.3) is 0 Å². The molecule has 0 saturated carbocycles. The van der Waals surface area contributed by atoms with Crippen molar-refractivity contribution in [3.8, 4) is 0 Å². The van der Waals surface area contributed by atoms with Crippen molar-refractivity contribution in [2.24, 2.45) is 0 Å². The summed E-state index contributed by atoms with van der Waals surface area (Å²) in [6.07, 6.45) is 7.33. The number of methoxy groups -OCH3 is 1. The first-order valence-electron chi connectivity index (χ1n) is 5.87. The lowest BCUT2D eigenvalue weighted by molar-refractivity contribution is 0.150. The van der Waals surface area contributed by atoms with Crippen LogP contribution in [0.2, 0.25) is 0 Å². The van der Waals surface area contributed by atoms with E-state index >= 15 is 0 Å². The van der Waals surface area contributed by atoms with Crippen LogP contribution in [0.25, 0.3) is 0 Å². The normalized spacial score (nSPS) is 33.3. The molecular weight excluding hydrogens is 190 g/mol. The van der Waals surface area contributed by atoms with E-state index < -0.39 is 0 Å². The van der Waals surface area contributed by atoms with Crippen molar-refractivity contribution in [2.75, 3.05) is 7.11 Å². The van der Waals surface area contributed by atoms with Gasteiger partial charge in [0.1, 0.15) is 0 Å². The molecule has 2 aliphatic carbocycles. The molecule has 3 rings (SSSR count). The zero-order valence-electron chi connectivity index (χ0n) is 9.16. The molecule has 0 aromatic heterocycles. The predicted octanol–water partition coefficient (Wildman–Crippen LogP) is 2.47. The van der Waals surface area contributed by atoms with Crippen molar-refractivity contribution in [1.82, 2.24) is 4.90 Å². The van der Waals surface area contributed by atoms with Crippen LogP contribution in [0, 0.1) is 0 Å². The highest BCUT2D eigenvalue weighted by Crippen LogP contribution is 2.47. The molecule has 0 spiro atoms. The van der Waals surface area contributed by atoms with Crippen LogP contribution in [0.1, 0.15) is 38.5 Å². The maximum atomic E-state index is 11.4. The lowest BCUT2D eigenvalue weighted by Gasteiger charge is -2.22. The Morgan fingerprint density at radius 1 is 1.20 bits per heavy atom. The van der Waals surface area contributed by atoms with E-state index in [4.69, 9.17) is 4.74 Å². The molecule has 0 aromatic carbocycles. The lowest BCUT2D eigenvalue weighted by Crippen LogP contribution is -2.13. The second kappa shape index (κ2) is 3.26. The van der Waals surface area contributed by atoms with Gasteiger partial charge in [-0.2, -0.15) is 0 Å². The van der Waals surface area contributed by atoms with Crippen molar-refractivity contribution in [3.63, 3.8) is 0 Å². The molecule has 1 fully saturated rings. The van der Waals surface area contributed by atoms with Crippen LogP contribution in [0.5, 0.6) is 0 Å². The van der Waals surface area contributed by atoms with E-state index in [1.807, 2.05) is 4.90 Å². The Kier molecular flexibility index (Phi) is 2.01. The number of amides is 1. The smallest absolute Gasteiger partial charge is 0.410 e. The summed E-state index contributed by atoms with van der Waals surface area (Å²) in [6, 6.07) is 0.934. The Morgan fingerprint density at radius 3 is 2.20 bits per heavy atom. The summed E-state index contributed by atoms with van der Waals surface area (Å²) in [7, 11) is 1.47. The van der Waals surface area contributed by atoms with Crippen molar-refractivity contribution in [2.45, 2.75) is 50.6 Å². The van der Waals surface area contributed by atoms with Crippen LogP contribution in [-0.4, -0.2) is 30.2 Å². The first kappa shape index (κ1) is 9.25. The Labute approximate surface area is 90.1 Å². The highest BCUT2D eigenvalue weighted by atomic mass is 16.5. The first-order valence-corrected chi connectivity index (χ1v) is 5.87. The number of fused-ring (bicyclic) bond motifs is 1. The van der Waals surface area contributed by atoms with Gasteiger partial charge in [-0.3, -0.25) is 4.90 Å². The van der Waals surface area contributed by atoms with E-state index in [1.165, 1.54) is 32.8 Å². The monoisotopic (exact) mass is 207 g/mol. The van der Waals surface area contributed by atoms with Gasteiger partial charge in [-0.15, -0.1) is 0 Å². The third kappa shape index (κ3) is 1.36. The highest BCUT2D eigenvalue weighted by Gasteiger charge is 2.54. The molecular formula is C12H17NO2. The maximum Gasteiger partial charge on any atom is 0.410 e. The third-order valence-corrected chi connectivity index (χ3v) is 4.07. The zero-order chi connectivity index (χ0) is 10.4. The van der Waals surface area contributed by atoms with Gasteiger partial charge >= 0.3 is 6.09 Å². The van der Waals surface area contributed by atoms with E-state index in [-0.39, 0.29) is 6.09 Å². The largest absolute Gasteiger partial charge is 0.453 e. The minimum Gasteiger partial charge on any atom is -0.453 e. The number of nitrogens with zero attached hydrogens (tertiary/aromatic N) is 1. The summed E-state index contributed by atoms with van der Waals surface area (Å²) in [4.78, 5) is 13.3. The van der Waals surface area contributed by atoms with Gasteiger partial charge in [-0.05, 0) is 38.5 Å². The van der Waals surface area contributed by atoms with Crippen LogP contribution < -0.4 is 0 Å². The molecule has 0 bridgehead atoms. The number of carbonyl (C=O) groups is 1. The predicted molar refractivity (Wildman–Crippen MR) is 56.5 cm³/mol. The summed E-state index contributed by atoms with van der Waals surface area (Å²) < 4.78 is 4.79. The molecule has 2 atom stereocenters. The van der Waals surface area contributed by atoms with Crippen LogP contribution in [0.3, 0.4) is 0 Å². The topological polar surface area (TPSA) is 29.3 Å². The fourth-order valence-electron chi connectivity index (χ4n) is 3.21. The first-order chi connectivity index (χ1) is 7.31.